The van der Waals surface area contributed by atoms with Gasteiger partial charge in [-0.15, -0.1) is 0 Å². The second kappa shape index (κ2) is 6.57. The Bertz CT molecular complexity index is 605. The molecular formula is C13H23N3O4S. The van der Waals surface area contributed by atoms with Gasteiger partial charge in [0.25, 0.3) is 10.0 Å². The van der Waals surface area contributed by atoms with E-state index >= 15 is 0 Å². The minimum absolute atomic E-state index is 0.0590. The molecule has 0 bridgehead atoms. The van der Waals surface area contributed by atoms with E-state index in [-0.39, 0.29) is 23.3 Å². The van der Waals surface area contributed by atoms with Crippen LogP contribution in [-0.4, -0.2) is 35.1 Å². The molecular weight excluding hydrogens is 294 g/mol. The Morgan fingerprint density at radius 3 is 2.33 bits per heavy atom. The lowest BCUT2D eigenvalue weighted by atomic mass is 10.1. The average molecular weight is 317 g/mol. The molecule has 2 N–H and O–H groups in total. The minimum atomic E-state index is -3.95. The summed E-state index contributed by atoms with van der Waals surface area (Å²) in [7, 11) is -2.24. The summed E-state index contributed by atoms with van der Waals surface area (Å²) in [6.45, 7) is 7.49. The van der Waals surface area contributed by atoms with E-state index < -0.39 is 22.0 Å². The molecule has 1 aromatic rings. The molecule has 0 aliphatic carbocycles. The third-order valence-electron chi connectivity index (χ3n) is 2.98. The van der Waals surface area contributed by atoms with Crippen LogP contribution in [-0.2, 0) is 21.9 Å². The number of carboxylic acid groups (broad SMARTS) is 1. The van der Waals surface area contributed by atoms with Gasteiger partial charge in [-0.25, -0.2) is 13.4 Å². The van der Waals surface area contributed by atoms with Gasteiger partial charge in [0, 0.05) is 19.2 Å². The lowest BCUT2D eigenvalue weighted by Crippen LogP contribution is -2.41. The van der Waals surface area contributed by atoms with E-state index in [9.17, 15) is 13.2 Å². The molecule has 7 nitrogen and oxygen atoms in total. The van der Waals surface area contributed by atoms with Gasteiger partial charge in [0.2, 0.25) is 0 Å². The smallest absolute Gasteiger partial charge is 0.321 e. The quantitative estimate of drug-likeness (QED) is 0.790. The molecule has 0 spiro atoms. The molecule has 1 rings (SSSR count). The van der Waals surface area contributed by atoms with Gasteiger partial charge in [0.15, 0.2) is 5.03 Å². The van der Waals surface area contributed by atoms with Crippen LogP contribution in [0.5, 0.6) is 0 Å². The molecule has 21 heavy (non-hydrogen) atoms. The molecule has 0 aliphatic rings. The van der Waals surface area contributed by atoms with Crippen molar-refractivity contribution in [1.82, 2.24) is 14.3 Å². The second-order valence-electron chi connectivity index (χ2n) is 5.84. The number of carboxylic acids is 1. The van der Waals surface area contributed by atoms with Crippen LogP contribution in [0.2, 0.25) is 0 Å². The summed E-state index contributed by atoms with van der Waals surface area (Å²) in [5.74, 6) is -0.424. The Morgan fingerprint density at radius 1 is 1.38 bits per heavy atom. The largest absolute Gasteiger partial charge is 0.480 e. The molecule has 0 fully saturated rings. The predicted octanol–water partition coefficient (Wildman–Crippen LogP) is 1.32. The van der Waals surface area contributed by atoms with Gasteiger partial charge in [-0.05, 0) is 12.3 Å². The summed E-state index contributed by atoms with van der Waals surface area (Å²) in [5, 5.41) is 8.98. The first-order chi connectivity index (χ1) is 9.54. The number of imidazole rings is 1. The summed E-state index contributed by atoms with van der Waals surface area (Å²) in [6.07, 6.45) is 1.62. The van der Waals surface area contributed by atoms with Crippen molar-refractivity contribution < 1.29 is 18.3 Å². The van der Waals surface area contributed by atoms with Gasteiger partial charge in [0.1, 0.15) is 11.9 Å². The van der Waals surface area contributed by atoms with Gasteiger partial charge < -0.3 is 9.67 Å². The van der Waals surface area contributed by atoms with Gasteiger partial charge >= 0.3 is 5.97 Å². The van der Waals surface area contributed by atoms with Crippen molar-refractivity contribution >= 4 is 16.0 Å². The van der Waals surface area contributed by atoms with Crippen LogP contribution >= 0.6 is 0 Å². The highest BCUT2D eigenvalue weighted by Gasteiger charge is 2.28. The fourth-order valence-electron chi connectivity index (χ4n) is 2.04. The van der Waals surface area contributed by atoms with Crippen LogP contribution in [0, 0.1) is 5.92 Å². The zero-order chi connectivity index (χ0) is 16.4. The van der Waals surface area contributed by atoms with E-state index in [0.29, 0.717) is 5.82 Å². The lowest BCUT2D eigenvalue weighted by Gasteiger charge is -2.15. The highest BCUT2D eigenvalue weighted by molar-refractivity contribution is 7.89. The van der Waals surface area contributed by atoms with E-state index in [0.717, 1.165) is 0 Å². The normalized spacial score (nSPS) is 13.9. The van der Waals surface area contributed by atoms with E-state index in [1.54, 1.807) is 11.6 Å². The molecule has 120 valence electrons. The minimum Gasteiger partial charge on any atom is -0.480 e. The molecule has 0 saturated carbocycles. The first kappa shape index (κ1) is 17.6. The Hall–Kier alpha value is -1.41. The fourth-order valence-corrected chi connectivity index (χ4v) is 3.24. The van der Waals surface area contributed by atoms with Crippen LogP contribution in [0.15, 0.2) is 11.2 Å². The molecule has 0 saturated heterocycles. The van der Waals surface area contributed by atoms with Crippen molar-refractivity contribution in [2.75, 3.05) is 0 Å². The summed E-state index contributed by atoms with van der Waals surface area (Å²) < 4.78 is 28.4. The first-order valence-corrected chi connectivity index (χ1v) is 8.31. The van der Waals surface area contributed by atoms with Crippen LogP contribution in [0.1, 0.15) is 45.9 Å². The van der Waals surface area contributed by atoms with Crippen LogP contribution in [0.3, 0.4) is 0 Å². The van der Waals surface area contributed by atoms with Crippen molar-refractivity contribution in [3.8, 4) is 0 Å². The molecule has 0 unspecified atom stereocenters. The Morgan fingerprint density at radius 2 is 1.95 bits per heavy atom. The third kappa shape index (κ3) is 4.53. The number of hydrogen-bond acceptors (Lipinski definition) is 4. The van der Waals surface area contributed by atoms with Crippen molar-refractivity contribution in [3.05, 3.63) is 12.0 Å². The maximum absolute atomic E-state index is 12.3. The molecule has 1 aromatic heterocycles. The zero-order valence-electron chi connectivity index (χ0n) is 13.0. The standard InChI is InChI=1S/C13H23N3O4S/c1-8(2)6-10(13(17)18)15-21(19,20)11-7-16(5)12(14-11)9(3)4/h7-10,15H,6H2,1-5H3,(H,17,18)/t10-/m0/s1. The molecule has 1 heterocycles. The van der Waals surface area contributed by atoms with Crippen LogP contribution < -0.4 is 4.72 Å². The number of nitrogens with one attached hydrogen (secondary N) is 1. The van der Waals surface area contributed by atoms with Gasteiger partial charge in [-0.2, -0.15) is 4.72 Å². The topological polar surface area (TPSA) is 101 Å². The molecule has 1 atom stereocenters. The highest BCUT2D eigenvalue weighted by Crippen LogP contribution is 2.17. The maximum Gasteiger partial charge on any atom is 0.321 e. The van der Waals surface area contributed by atoms with Crippen molar-refractivity contribution in [3.63, 3.8) is 0 Å². The van der Waals surface area contributed by atoms with Gasteiger partial charge in [0.05, 0.1) is 0 Å². The fraction of sp³-hybridized carbons (Fsp3) is 0.692. The van der Waals surface area contributed by atoms with Crippen LogP contribution in [0.25, 0.3) is 0 Å². The van der Waals surface area contributed by atoms with Crippen LogP contribution in [0.4, 0.5) is 0 Å². The average Bonchev–Trinajstić information content (AvgIpc) is 2.70. The predicted molar refractivity (Wildman–Crippen MR) is 78.5 cm³/mol. The number of rotatable bonds is 7. The van der Waals surface area contributed by atoms with E-state index in [1.807, 2.05) is 27.7 Å². The summed E-state index contributed by atoms with van der Waals surface area (Å²) in [6, 6.07) is -1.15. The van der Waals surface area contributed by atoms with Crippen molar-refractivity contribution in [2.24, 2.45) is 13.0 Å². The zero-order valence-corrected chi connectivity index (χ0v) is 13.8. The maximum atomic E-state index is 12.3. The molecule has 0 radical (unpaired) electrons. The third-order valence-corrected chi connectivity index (χ3v) is 4.33. The summed E-state index contributed by atoms with van der Waals surface area (Å²) >= 11 is 0. The Labute approximate surface area is 125 Å². The van der Waals surface area contributed by atoms with Gasteiger partial charge in [-0.3, -0.25) is 4.79 Å². The number of aromatic nitrogens is 2. The van der Waals surface area contributed by atoms with Crippen molar-refractivity contribution in [1.29, 1.82) is 0 Å². The lowest BCUT2D eigenvalue weighted by molar-refractivity contribution is -0.139. The number of nitrogens with zero attached hydrogens (tertiary/aromatic N) is 2. The van der Waals surface area contributed by atoms with Gasteiger partial charge in [-0.1, -0.05) is 27.7 Å². The summed E-state index contributed by atoms with van der Waals surface area (Å²) in [5.41, 5.74) is 0. The SMILES string of the molecule is CC(C)C[C@H](NS(=O)(=O)c1cn(C)c(C(C)C)n1)C(=O)O. The van der Waals surface area contributed by atoms with E-state index in [1.165, 1.54) is 6.20 Å². The molecule has 0 amide bonds. The highest BCUT2D eigenvalue weighted by atomic mass is 32.2. The number of hydrogen-bond donors (Lipinski definition) is 2. The summed E-state index contributed by atoms with van der Waals surface area (Å²) in [4.78, 5) is 15.3. The number of carbonyl (C=O) groups is 1. The molecule has 8 heteroatoms. The number of aryl methyl sites for hydroxylation is 1. The molecule has 0 aromatic carbocycles. The van der Waals surface area contributed by atoms with Crippen molar-refractivity contribution in [2.45, 2.75) is 51.1 Å². The van der Waals surface area contributed by atoms with E-state index in [2.05, 4.69) is 9.71 Å². The number of sulfonamides is 1. The Balaban J connectivity index is 3.05. The number of aliphatic carboxylic acids is 1. The van der Waals surface area contributed by atoms with E-state index in [4.69, 9.17) is 5.11 Å². The second-order valence-corrected chi connectivity index (χ2v) is 7.51. The Kier molecular flexibility index (Phi) is 5.52. The first-order valence-electron chi connectivity index (χ1n) is 6.83. The monoisotopic (exact) mass is 317 g/mol. The molecule has 0 aliphatic heterocycles.